The number of oxime groups is 1. The van der Waals surface area contributed by atoms with Gasteiger partial charge in [0.15, 0.2) is 4.80 Å². The number of hydrogen-bond donors (Lipinski definition) is 0. The van der Waals surface area contributed by atoms with Gasteiger partial charge in [0.2, 0.25) is 5.84 Å². The fourth-order valence-corrected chi connectivity index (χ4v) is 4.40. The highest BCUT2D eigenvalue weighted by Gasteiger charge is 2.22. The molecule has 0 radical (unpaired) electrons. The van der Waals surface area contributed by atoms with E-state index in [0.717, 1.165) is 24.2 Å². The average Bonchev–Trinajstić information content (AvgIpc) is 2.95. The molecule has 0 aliphatic heterocycles. The van der Waals surface area contributed by atoms with E-state index in [2.05, 4.69) is 44.3 Å². The van der Waals surface area contributed by atoms with Crippen LogP contribution in [-0.4, -0.2) is 24.6 Å². The van der Waals surface area contributed by atoms with Crippen LogP contribution in [0.4, 0.5) is 0 Å². The van der Waals surface area contributed by atoms with Crippen LogP contribution in [0.25, 0.3) is 0 Å². The Hall–Kier alpha value is -1.79. The molecule has 7 heteroatoms. The summed E-state index contributed by atoms with van der Waals surface area (Å²) < 4.78 is 7.76. The molecule has 0 saturated heterocycles. The number of benzene rings is 1. The van der Waals surface area contributed by atoms with Crippen molar-refractivity contribution >= 4 is 28.8 Å². The molecule has 0 saturated carbocycles. The zero-order valence-electron chi connectivity index (χ0n) is 17.8. The third-order valence-corrected chi connectivity index (χ3v) is 6.20. The monoisotopic (exact) mass is 423 g/mol. The van der Waals surface area contributed by atoms with Gasteiger partial charge in [-0.3, -0.25) is 0 Å². The first kappa shape index (κ1) is 22.5. The summed E-state index contributed by atoms with van der Waals surface area (Å²) in [6, 6.07) is 5.38. The maximum atomic E-state index is 6.21. The molecular weight excluding hydrogens is 394 g/mol. The van der Waals surface area contributed by atoms with Crippen molar-refractivity contribution in [2.24, 2.45) is 10.1 Å². The Morgan fingerprint density at radius 1 is 1.25 bits per heavy atom. The molecule has 154 valence electrons. The molecule has 0 N–H and O–H groups in total. The molecule has 0 aliphatic rings. The first-order valence-electron chi connectivity index (χ1n) is 9.43. The Bertz CT molecular complexity index is 907. The molecule has 2 aromatic rings. The second-order valence-corrected chi connectivity index (χ2v) is 9.02. The molecule has 0 bridgehead atoms. The van der Waals surface area contributed by atoms with Crippen LogP contribution >= 0.6 is 22.9 Å². The molecular formula is C21H30ClN3O2S. The number of methoxy groups -OCH3 is 1. The van der Waals surface area contributed by atoms with E-state index in [0.29, 0.717) is 22.2 Å². The Morgan fingerprint density at radius 2 is 1.96 bits per heavy atom. The maximum absolute atomic E-state index is 6.21. The smallest absolute Gasteiger partial charge is 0.205 e. The van der Waals surface area contributed by atoms with Crippen molar-refractivity contribution in [3.63, 3.8) is 0 Å². The van der Waals surface area contributed by atoms with Gasteiger partial charge in [-0.2, -0.15) is 4.99 Å². The summed E-state index contributed by atoms with van der Waals surface area (Å²) in [5.74, 6) is 1.09. The second kappa shape index (κ2) is 9.61. The van der Waals surface area contributed by atoms with E-state index < -0.39 is 0 Å². The highest BCUT2D eigenvalue weighted by molar-refractivity contribution is 7.09. The van der Waals surface area contributed by atoms with Gasteiger partial charge in [0, 0.05) is 22.1 Å². The molecule has 2 rings (SSSR count). The Kier molecular flexibility index (Phi) is 7.72. The van der Waals surface area contributed by atoms with Crippen molar-refractivity contribution in [2.75, 3.05) is 14.2 Å². The van der Waals surface area contributed by atoms with Crippen LogP contribution in [0.2, 0.25) is 5.02 Å². The average molecular weight is 424 g/mol. The minimum absolute atomic E-state index is 0.0444. The topological polar surface area (TPSA) is 48.1 Å². The standard InChI is InChI=1S/C21H30ClN3O2S/c1-8-9-12-25-14(2)18(21(3,4)5)28-20(25)23-19(24-27-7)16-13-15(22)10-11-17(16)26-6/h10-11,13H,8-9,12H2,1-7H3/b23-20-,24-19?. The van der Waals surface area contributed by atoms with Gasteiger partial charge in [0.05, 0.1) is 12.7 Å². The zero-order chi connectivity index (χ0) is 20.9. The van der Waals surface area contributed by atoms with E-state index >= 15 is 0 Å². The summed E-state index contributed by atoms with van der Waals surface area (Å²) in [7, 11) is 3.13. The quantitative estimate of drug-likeness (QED) is 0.348. The number of ether oxygens (including phenoxy) is 1. The van der Waals surface area contributed by atoms with Gasteiger partial charge in [-0.1, -0.05) is 50.9 Å². The molecule has 1 aromatic heterocycles. The van der Waals surface area contributed by atoms with Crippen LogP contribution in [-0.2, 0) is 16.8 Å². The van der Waals surface area contributed by atoms with Crippen LogP contribution in [0.5, 0.6) is 5.75 Å². The number of thiazole rings is 1. The van der Waals surface area contributed by atoms with E-state index in [1.165, 1.54) is 17.7 Å². The molecule has 1 heterocycles. The van der Waals surface area contributed by atoms with Crippen molar-refractivity contribution in [1.82, 2.24) is 4.57 Å². The lowest BCUT2D eigenvalue weighted by atomic mass is 9.93. The Labute approximate surface area is 176 Å². The lowest BCUT2D eigenvalue weighted by Crippen LogP contribution is -2.19. The maximum Gasteiger partial charge on any atom is 0.205 e. The summed E-state index contributed by atoms with van der Waals surface area (Å²) in [6.45, 7) is 12.0. The second-order valence-electron chi connectivity index (χ2n) is 7.61. The lowest BCUT2D eigenvalue weighted by molar-refractivity contribution is 0.213. The fraction of sp³-hybridized carbons (Fsp3) is 0.524. The van der Waals surface area contributed by atoms with Crippen LogP contribution < -0.4 is 9.54 Å². The minimum atomic E-state index is 0.0444. The first-order valence-corrected chi connectivity index (χ1v) is 10.6. The van der Waals surface area contributed by atoms with Crippen LogP contribution in [0.1, 0.15) is 56.7 Å². The zero-order valence-corrected chi connectivity index (χ0v) is 19.4. The molecule has 0 spiro atoms. The van der Waals surface area contributed by atoms with Crippen molar-refractivity contribution < 1.29 is 9.57 Å². The third kappa shape index (κ3) is 5.17. The Balaban J connectivity index is 2.72. The van der Waals surface area contributed by atoms with Crippen molar-refractivity contribution in [3.8, 4) is 5.75 Å². The number of rotatable bonds is 6. The highest BCUT2D eigenvalue weighted by Crippen LogP contribution is 2.29. The van der Waals surface area contributed by atoms with Crippen molar-refractivity contribution in [2.45, 2.75) is 59.4 Å². The van der Waals surface area contributed by atoms with Gasteiger partial charge in [-0.05, 0) is 37.0 Å². The van der Waals surface area contributed by atoms with Gasteiger partial charge in [-0.25, -0.2) is 0 Å². The number of hydrogen-bond acceptors (Lipinski definition) is 4. The molecule has 0 unspecified atom stereocenters. The molecule has 0 amide bonds. The third-order valence-electron chi connectivity index (χ3n) is 4.36. The van der Waals surface area contributed by atoms with E-state index in [1.54, 1.807) is 30.6 Å². The number of nitrogens with zero attached hydrogens (tertiary/aromatic N) is 3. The molecule has 0 aliphatic carbocycles. The summed E-state index contributed by atoms with van der Waals surface area (Å²) in [4.78, 5) is 12.2. The van der Waals surface area contributed by atoms with Gasteiger partial charge >= 0.3 is 0 Å². The van der Waals surface area contributed by atoms with Gasteiger partial charge in [0.1, 0.15) is 12.9 Å². The molecule has 0 atom stereocenters. The number of aromatic nitrogens is 1. The normalized spacial score (nSPS) is 13.1. The molecule has 28 heavy (non-hydrogen) atoms. The summed E-state index contributed by atoms with van der Waals surface area (Å²) in [5.41, 5.74) is 1.99. The van der Waals surface area contributed by atoms with Crippen molar-refractivity contribution in [3.05, 3.63) is 44.2 Å². The summed E-state index contributed by atoms with van der Waals surface area (Å²) in [5, 5.41) is 4.76. The molecule has 5 nitrogen and oxygen atoms in total. The number of halogens is 1. The first-order chi connectivity index (χ1) is 13.2. The molecule has 1 aromatic carbocycles. The van der Waals surface area contributed by atoms with Gasteiger partial charge < -0.3 is 14.1 Å². The van der Waals surface area contributed by atoms with E-state index in [4.69, 9.17) is 26.2 Å². The lowest BCUT2D eigenvalue weighted by Gasteiger charge is -2.17. The SMILES string of the molecule is CCCCn1c(C)c(C(C)(C)C)s/c1=N\C(=NOC)c1cc(Cl)ccc1OC. The van der Waals surface area contributed by atoms with Crippen LogP contribution in [0, 0.1) is 6.92 Å². The Morgan fingerprint density at radius 3 is 2.54 bits per heavy atom. The number of unbranched alkanes of at least 4 members (excludes halogenated alkanes) is 1. The minimum Gasteiger partial charge on any atom is -0.496 e. The predicted molar refractivity (Wildman–Crippen MR) is 118 cm³/mol. The van der Waals surface area contributed by atoms with Gasteiger partial charge in [-0.15, -0.1) is 11.3 Å². The molecule has 0 fully saturated rings. The fourth-order valence-electron chi connectivity index (χ4n) is 3.01. The van der Waals surface area contributed by atoms with E-state index in [-0.39, 0.29) is 5.41 Å². The summed E-state index contributed by atoms with van der Waals surface area (Å²) >= 11 is 7.91. The number of amidine groups is 1. The highest BCUT2D eigenvalue weighted by atomic mass is 35.5. The summed E-state index contributed by atoms with van der Waals surface area (Å²) in [6.07, 6.45) is 2.21. The van der Waals surface area contributed by atoms with E-state index in [1.807, 2.05) is 6.07 Å². The predicted octanol–water partition coefficient (Wildman–Crippen LogP) is 5.53. The largest absolute Gasteiger partial charge is 0.496 e. The van der Waals surface area contributed by atoms with Crippen LogP contribution in [0.3, 0.4) is 0 Å². The van der Waals surface area contributed by atoms with E-state index in [9.17, 15) is 0 Å². The van der Waals surface area contributed by atoms with Crippen LogP contribution in [0.15, 0.2) is 28.3 Å². The van der Waals surface area contributed by atoms with Crippen molar-refractivity contribution in [1.29, 1.82) is 0 Å². The van der Waals surface area contributed by atoms with Gasteiger partial charge in [0.25, 0.3) is 0 Å².